The lowest BCUT2D eigenvalue weighted by molar-refractivity contribution is -0.917. The van der Waals surface area contributed by atoms with Crippen LogP contribution in [0.1, 0.15) is 11.1 Å². The predicted molar refractivity (Wildman–Crippen MR) is 110 cm³/mol. The van der Waals surface area contributed by atoms with E-state index in [1.807, 2.05) is 24.3 Å². The number of ether oxygens (including phenoxy) is 1. The number of benzene rings is 2. The number of nitrogens with one attached hydrogen (secondary N) is 2. The average Bonchev–Trinajstić information content (AvgIpc) is 2.69. The second kappa shape index (κ2) is 9.21. The van der Waals surface area contributed by atoms with Gasteiger partial charge in [-0.3, -0.25) is 0 Å². The third-order valence-corrected chi connectivity index (χ3v) is 5.38. The molecule has 0 radical (unpaired) electrons. The molecule has 2 aromatic rings. The number of nitrogens with zero attached hydrogens (tertiary/aromatic N) is 1. The Hall–Kier alpha value is -1.82. The second-order valence-electron chi connectivity index (χ2n) is 6.55. The number of rotatable bonds is 5. The Kier molecular flexibility index (Phi) is 6.72. The quantitative estimate of drug-likeness (QED) is 0.765. The van der Waals surface area contributed by atoms with Crippen LogP contribution in [0.3, 0.4) is 0 Å². The summed E-state index contributed by atoms with van der Waals surface area (Å²) in [7, 11) is 1.68. The van der Waals surface area contributed by atoms with Crippen LogP contribution < -0.4 is 15.0 Å². The van der Waals surface area contributed by atoms with Crippen molar-refractivity contribution < 1.29 is 9.64 Å². The van der Waals surface area contributed by atoms with Gasteiger partial charge in [0.25, 0.3) is 0 Å². The fraction of sp³-hybridized carbons (Fsp3) is 0.350. The Morgan fingerprint density at radius 2 is 1.69 bits per heavy atom. The van der Waals surface area contributed by atoms with E-state index in [1.165, 1.54) is 11.1 Å². The van der Waals surface area contributed by atoms with E-state index >= 15 is 0 Å². The Bertz CT molecular complexity index is 713. The number of hydrogen-bond acceptors (Lipinski definition) is 2. The van der Waals surface area contributed by atoms with Gasteiger partial charge < -0.3 is 19.9 Å². The summed E-state index contributed by atoms with van der Waals surface area (Å²) in [5.74, 6) is 0.871. The van der Waals surface area contributed by atoms with E-state index in [1.54, 1.807) is 12.0 Å². The molecule has 3 rings (SSSR count). The molecule has 138 valence electrons. The Balaban J connectivity index is 1.42. The summed E-state index contributed by atoms with van der Waals surface area (Å²) in [6.07, 6.45) is 0. The van der Waals surface area contributed by atoms with Gasteiger partial charge in [0.15, 0.2) is 5.11 Å². The number of thiocarbonyl (C=S) groups is 1. The summed E-state index contributed by atoms with van der Waals surface area (Å²) in [6, 6.07) is 16.2. The standard InChI is InChI=1S/C20H24ClN3OS/c1-25-19-8-4-16(5-9-19)14-22-20(26)24-12-10-23(11-13-24)15-17-2-6-18(21)7-3-17/h2-9H,10-15H2,1H3,(H,22,26)/p+1. The van der Waals surface area contributed by atoms with Crippen molar-refractivity contribution in [1.29, 1.82) is 0 Å². The summed E-state index contributed by atoms with van der Waals surface area (Å²) in [5.41, 5.74) is 2.53. The molecule has 0 aliphatic carbocycles. The summed E-state index contributed by atoms with van der Waals surface area (Å²) in [4.78, 5) is 3.85. The fourth-order valence-electron chi connectivity index (χ4n) is 3.13. The van der Waals surface area contributed by atoms with Crippen molar-refractivity contribution in [1.82, 2.24) is 10.2 Å². The highest BCUT2D eigenvalue weighted by atomic mass is 35.5. The average molecular weight is 391 g/mol. The van der Waals surface area contributed by atoms with Crippen LogP contribution in [-0.4, -0.2) is 43.3 Å². The van der Waals surface area contributed by atoms with Crippen molar-refractivity contribution in [2.75, 3.05) is 33.3 Å². The molecule has 1 aliphatic rings. The van der Waals surface area contributed by atoms with Crippen LogP contribution in [0.5, 0.6) is 5.75 Å². The van der Waals surface area contributed by atoms with E-state index < -0.39 is 0 Å². The largest absolute Gasteiger partial charge is 0.497 e. The number of quaternary nitrogens is 1. The van der Waals surface area contributed by atoms with Crippen LogP contribution in [0.25, 0.3) is 0 Å². The lowest BCUT2D eigenvalue weighted by Crippen LogP contribution is -3.13. The van der Waals surface area contributed by atoms with Crippen LogP contribution in [0, 0.1) is 0 Å². The molecule has 0 spiro atoms. The van der Waals surface area contributed by atoms with Gasteiger partial charge in [-0.05, 0) is 42.0 Å². The van der Waals surface area contributed by atoms with Crippen molar-refractivity contribution in [3.63, 3.8) is 0 Å². The van der Waals surface area contributed by atoms with Crippen molar-refractivity contribution in [3.05, 3.63) is 64.7 Å². The maximum atomic E-state index is 5.96. The minimum atomic E-state index is 0.737. The highest BCUT2D eigenvalue weighted by molar-refractivity contribution is 7.80. The van der Waals surface area contributed by atoms with Crippen LogP contribution in [0.15, 0.2) is 48.5 Å². The molecule has 1 saturated heterocycles. The van der Waals surface area contributed by atoms with Gasteiger partial charge in [0.2, 0.25) is 0 Å². The molecule has 2 aromatic carbocycles. The number of halogens is 1. The van der Waals surface area contributed by atoms with Crippen LogP contribution in [0.2, 0.25) is 5.02 Å². The van der Waals surface area contributed by atoms with Gasteiger partial charge in [0.1, 0.15) is 12.3 Å². The zero-order valence-electron chi connectivity index (χ0n) is 15.0. The predicted octanol–water partition coefficient (Wildman–Crippen LogP) is 2.12. The molecule has 0 atom stereocenters. The molecule has 0 aromatic heterocycles. The van der Waals surface area contributed by atoms with E-state index in [0.29, 0.717) is 0 Å². The summed E-state index contributed by atoms with van der Waals surface area (Å²) in [6.45, 7) is 5.92. The van der Waals surface area contributed by atoms with E-state index in [0.717, 1.165) is 55.2 Å². The lowest BCUT2D eigenvalue weighted by atomic mass is 10.2. The first-order valence-electron chi connectivity index (χ1n) is 8.88. The van der Waals surface area contributed by atoms with Crippen molar-refractivity contribution in [2.45, 2.75) is 13.1 Å². The van der Waals surface area contributed by atoms with Crippen LogP contribution in [0.4, 0.5) is 0 Å². The molecular weight excluding hydrogens is 366 g/mol. The molecule has 0 unspecified atom stereocenters. The summed E-state index contributed by atoms with van der Waals surface area (Å²) in [5, 5.41) is 5.00. The molecule has 1 heterocycles. The third kappa shape index (κ3) is 5.34. The van der Waals surface area contributed by atoms with Gasteiger partial charge in [0.05, 0.1) is 33.3 Å². The van der Waals surface area contributed by atoms with E-state index in [-0.39, 0.29) is 0 Å². The summed E-state index contributed by atoms with van der Waals surface area (Å²) < 4.78 is 5.19. The zero-order valence-corrected chi connectivity index (χ0v) is 16.6. The minimum absolute atomic E-state index is 0.737. The number of piperazine rings is 1. The van der Waals surface area contributed by atoms with Crippen LogP contribution in [-0.2, 0) is 13.1 Å². The molecule has 0 amide bonds. The minimum Gasteiger partial charge on any atom is -0.497 e. The molecule has 4 nitrogen and oxygen atoms in total. The molecule has 1 aliphatic heterocycles. The highest BCUT2D eigenvalue weighted by Gasteiger charge is 2.21. The molecule has 1 fully saturated rings. The zero-order chi connectivity index (χ0) is 18.4. The van der Waals surface area contributed by atoms with E-state index in [4.69, 9.17) is 28.6 Å². The normalized spacial score (nSPS) is 14.9. The highest BCUT2D eigenvalue weighted by Crippen LogP contribution is 2.11. The van der Waals surface area contributed by atoms with Gasteiger partial charge in [0, 0.05) is 17.1 Å². The maximum absolute atomic E-state index is 5.96. The fourth-order valence-corrected chi connectivity index (χ4v) is 3.51. The van der Waals surface area contributed by atoms with Gasteiger partial charge in [-0.1, -0.05) is 35.9 Å². The smallest absolute Gasteiger partial charge is 0.169 e. The molecule has 26 heavy (non-hydrogen) atoms. The molecular formula is C20H25ClN3OS+. The van der Waals surface area contributed by atoms with E-state index in [2.05, 4.69) is 34.5 Å². The number of hydrogen-bond donors (Lipinski definition) is 2. The molecule has 0 bridgehead atoms. The first-order valence-corrected chi connectivity index (χ1v) is 9.66. The second-order valence-corrected chi connectivity index (χ2v) is 7.37. The van der Waals surface area contributed by atoms with Gasteiger partial charge in [-0.15, -0.1) is 0 Å². The topological polar surface area (TPSA) is 28.9 Å². The first-order chi connectivity index (χ1) is 12.6. The van der Waals surface area contributed by atoms with Crippen molar-refractivity contribution >= 4 is 28.9 Å². The first kappa shape index (κ1) is 19.0. The Labute approximate surface area is 165 Å². The Morgan fingerprint density at radius 1 is 1.08 bits per heavy atom. The molecule has 0 saturated carbocycles. The lowest BCUT2D eigenvalue weighted by Gasteiger charge is -2.34. The maximum Gasteiger partial charge on any atom is 0.169 e. The van der Waals surface area contributed by atoms with Gasteiger partial charge in [-0.25, -0.2) is 0 Å². The monoisotopic (exact) mass is 390 g/mol. The SMILES string of the molecule is COc1ccc(CNC(=S)N2CC[NH+](Cc3ccc(Cl)cc3)CC2)cc1. The molecule has 6 heteroatoms. The number of methoxy groups -OCH3 is 1. The Morgan fingerprint density at radius 3 is 2.31 bits per heavy atom. The van der Waals surface area contributed by atoms with Crippen LogP contribution >= 0.6 is 23.8 Å². The summed E-state index contributed by atoms with van der Waals surface area (Å²) >= 11 is 11.5. The molecule has 2 N–H and O–H groups in total. The van der Waals surface area contributed by atoms with E-state index in [9.17, 15) is 0 Å². The van der Waals surface area contributed by atoms with Gasteiger partial charge >= 0.3 is 0 Å². The van der Waals surface area contributed by atoms with Crippen molar-refractivity contribution in [3.8, 4) is 5.75 Å². The van der Waals surface area contributed by atoms with Crippen molar-refractivity contribution in [2.24, 2.45) is 0 Å². The van der Waals surface area contributed by atoms with Gasteiger partial charge in [-0.2, -0.15) is 0 Å². The third-order valence-electron chi connectivity index (χ3n) is 4.73.